The second-order valence-electron chi connectivity index (χ2n) is 5.53. The van der Waals surface area contributed by atoms with Crippen LogP contribution < -0.4 is 9.80 Å². The highest BCUT2D eigenvalue weighted by Crippen LogP contribution is 2.12. The maximum absolute atomic E-state index is 6.03. The highest BCUT2D eigenvalue weighted by Gasteiger charge is 2.35. The van der Waals surface area contributed by atoms with Crippen LogP contribution in [0.15, 0.2) is 24.3 Å². The zero-order chi connectivity index (χ0) is 13.8. The Morgan fingerprint density at radius 1 is 0.800 bits per heavy atom. The fourth-order valence-corrected chi connectivity index (χ4v) is 3.39. The van der Waals surface area contributed by atoms with Crippen LogP contribution in [0.1, 0.15) is 11.7 Å². The predicted octanol–water partition coefficient (Wildman–Crippen LogP) is -0.831. The van der Waals surface area contributed by atoms with E-state index in [0.717, 1.165) is 57.6 Å². The molecule has 2 aliphatic rings. The normalized spacial score (nSPS) is 22.3. The lowest BCUT2D eigenvalue weighted by Crippen LogP contribution is -3.32. The van der Waals surface area contributed by atoms with E-state index in [9.17, 15) is 0 Å². The van der Waals surface area contributed by atoms with Gasteiger partial charge >= 0.3 is 0 Å². The third-order valence-corrected chi connectivity index (χ3v) is 4.54. The summed E-state index contributed by atoms with van der Waals surface area (Å²) in [5.74, 6) is 0. The number of nitrogens with one attached hydrogen (secondary N) is 2. The van der Waals surface area contributed by atoms with E-state index in [1.54, 1.807) is 9.80 Å². The Labute approximate surface area is 125 Å². The van der Waals surface area contributed by atoms with Crippen LogP contribution in [0.3, 0.4) is 0 Å². The maximum Gasteiger partial charge on any atom is 0.240 e. The zero-order valence-electron chi connectivity index (χ0n) is 11.7. The van der Waals surface area contributed by atoms with Gasteiger partial charge in [0.1, 0.15) is 26.2 Å². The van der Waals surface area contributed by atoms with E-state index < -0.39 is 0 Å². The van der Waals surface area contributed by atoms with Gasteiger partial charge in [-0.05, 0) is 24.3 Å². The lowest BCUT2D eigenvalue weighted by Gasteiger charge is -2.37. The van der Waals surface area contributed by atoms with Crippen LogP contribution in [-0.2, 0) is 9.47 Å². The molecule has 2 aliphatic heterocycles. The number of benzene rings is 1. The van der Waals surface area contributed by atoms with Crippen molar-refractivity contribution in [3.63, 3.8) is 0 Å². The summed E-state index contributed by atoms with van der Waals surface area (Å²) in [5.41, 5.74) is 1.38. The summed E-state index contributed by atoms with van der Waals surface area (Å²) in [6.45, 7) is 7.78. The first-order valence-electron chi connectivity index (χ1n) is 7.45. The second-order valence-corrected chi connectivity index (χ2v) is 5.96. The smallest absolute Gasteiger partial charge is 0.240 e. The lowest BCUT2D eigenvalue weighted by atomic mass is 10.1. The van der Waals surface area contributed by atoms with Gasteiger partial charge in [0.15, 0.2) is 0 Å². The van der Waals surface area contributed by atoms with Gasteiger partial charge in [-0.15, -0.1) is 0 Å². The van der Waals surface area contributed by atoms with E-state index in [1.165, 1.54) is 5.56 Å². The van der Waals surface area contributed by atoms with Crippen LogP contribution >= 0.6 is 11.6 Å². The number of hydrogen-bond acceptors (Lipinski definition) is 2. The molecule has 2 heterocycles. The van der Waals surface area contributed by atoms with Crippen LogP contribution in [0.5, 0.6) is 0 Å². The quantitative estimate of drug-likeness (QED) is 0.762. The van der Waals surface area contributed by atoms with Gasteiger partial charge in [-0.2, -0.15) is 0 Å². The molecule has 0 aliphatic carbocycles. The Hall–Kier alpha value is -0.650. The number of hydrogen-bond donors (Lipinski definition) is 2. The highest BCUT2D eigenvalue weighted by molar-refractivity contribution is 6.30. The number of ether oxygens (including phenoxy) is 2. The maximum atomic E-state index is 6.03. The summed E-state index contributed by atoms with van der Waals surface area (Å²) in [6, 6.07) is 8.36. The minimum absolute atomic E-state index is 0.472. The van der Waals surface area contributed by atoms with Crippen molar-refractivity contribution in [3.8, 4) is 0 Å². The van der Waals surface area contributed by atoms with Crippen molar-refractivity contribution in [2.75, 3.05) is 52.6 Å². The van der Waals surface area contributed by atoms with Crippen molar-refractivity contribution < 1.29 is 19.3 Å². The SMILES string of the molecule is Clc1ccc(C([NH+]2CCOCC2)[NH+]2CCOCC2)cc1. The van der Waals surface area contributed by atoms with E-state index in [4.69, 9.17) is 21.1 Å². The van der Waals surface area contributed by atoms with Crippen molar-refractivity contribution in [2.45, 2.75) is 6.17 Å². The molecule has 1 aromatic carbocycles. The average Bonchev–Trinajstić information content (AvgIpc) is 2.52. The fourth-order valence-electron chi connectivity index (χ4n) is 3.26. The topological polar surface area (TPSA) is 27.3 Å². The first kappa shape index (κ1) is 14.3. The molecule has 2 N–H and O–H groups in total. The minimum Gasteiger partial charge on any atom is -0.370 e. The van der Waals surface area contributed by atoms with E-state index in [-0.39, 0.29) is 0 Å². The molecule has 1 aromatic rings. The van der Waals surface area contributed by atoms with Crippen molar-refractivity contribution in [1.82, 2.24) is 0 Å². The standard InChI is InChI=1S/C15H21ClN2O2/c16-14-3-1-13(2-4-14)15(17-5-9-19-10-6-17)18-7-11-20-12-8-18/h1-4,15H,5-12H2/p+2. The summed E-state index contributed by atoms with van der Waals surface area (Å²) in [7, 11) is 0. The van der Waals surface area contributed by atoms with E-state index >= 15 is 0 Å². The number of morpholine rings is 2. The molecule has 0 atom stereocenters. The first-order valence-corrected chi connectivity index (χ1v) is 7.82. The molecule has 4 nitrogen and oxygen atoms in total. The third kappa shape index (κ3) is 3.32. The van der Waals surface area contributed by atoms with Gasteiger partial charge in [-0.25, -0.2) is 0 Å². The molecule has 0 spiro atoms. The van der Waals surface area contributed by atoms with Gasteiger partial charge in [-0.1, -0.05) is 11.6 Å². The molecule has 0 bridgehead atoms. The Morgan fingerprint density at radius 2 is 1.25 bits per heavy atom. The molecule has 110 valence electrons. The Bertz CT molecular complexity index is 396. The Kier molecular flexibility index (Phi) is 4.91. The zero-order valence-corrected chi connectivity index (χ0v) is 12.5. The molecule has 0 radical (unpaired) electrons. The summed E-state index contributed by atoms with van der Waals surface area (Å²) >= 11 is 6.03. The molecule has 20 heavy (non-hydrogen) atoms. The van der Waals surface area contributed by atoms with E-state index in [0.29, 0.717) is 6.17 Å². The predicted molar refractivity (Wildman–Crippen MR) is 77.2 cm³/mol. The molecule has 2 saturated heterocycles. The largest absolute Gasteiger partial charge is 0.370 e. The van der Waals surface area contributed by atoms with Gasteiger partial charge in [0.25, 0.3) is 0 Å². The Balaban J connectivity index is 1.83. The molecule has 2 fully saturated rings. The first-order chi connectivity index (χ1) is 9.84. The molecule has 0 aromatic heterocycles. The molecule has 0 saturated carbocycles. The summed E-state index contributed by atoms with van der Waals surface area (Å²) in [4.78, 5) is 3.24. The third-order valence-electron chi connectivity index (χ3n) is 4.29. The van der Waals surface area contributed by atoms with Crippen LogP contribution in [0.4, 0.5) is 0 Å². The van der Waals surface area contributed by atoms with Crippen LogP contribution in [-0.4, -0.2) is 52.6 Å². The van der Waals surface area contributed by atoms with Crippen LogP contribution in [0.25, 0.3) is 0 Å². The fraction of sp³-hybridized carbons (Fsp3) is 0.600. The Morgan fingerprint density at radius 3 is 1.70 bits per heavy atom. The highest BCUT2D eigenvalue weighted by atomic mass is 35.5. The van der Waals surface area contributed by atoms with Crippen LogP contribution in [0.2, 0.25) is 5.02 Å². The van der Waals surface area contributed by atoms with Gasteiger partial charge in [-0.3, -0.25) is 9.80 Å². The monoisotopic (exact) mass is 298 g/mol. The van der Waals surface area contributed by atoms with Crippen molar-refractivity contribution in [1.29, 1.82) is 0 Å². The molecule has 0 amide bonds. The number of halogens is 1. The van der Waals surface area contributed by atoms with E-state index in [1.807, 2.05) is 12.1 Å². The summed E-state index contributed by atoms with van der Waals surface area (Å²) in [5, 5.41) is 0.807. The number of quaternary nitrogens is 2. The van der Waals surface area contributed by atoms with Gasteiger partial charge < -0.3 is 9.47 Å². The molecular formula is C15H23ClN2O2+2. The van der Waals surface area contributed by atoms with Crippen molar-refractivity contribution >= 4 is 11.6 Å². The average molecular weight is 299 g/mol. The summed E-state index contributed by atoms with van der Waals surface area (Å²) < 4.78 is 11.0. The molecule has 0 unspecified atom stereocenters. The summed E-state index contributed by atoms with van der Waals surface area (Å²) in [6.07, 6.45) is 0.472. The van der Waals surface area contributed by atoms with E-state index in [2.05, 4.69) is 12.1 Å². The van der Waals surface area contributed by atoms with Gasteiger partial charge in [0.05, 0.1) is 32.0 Å². The van der Waals surface area contributed by atoms with Gasteiger partial charge in [0, 0.05) is 5.02 Å². The van der Waals surface area contributed by atoms with Crippen molar-refractivity contribution in [2.24, 2.45) is 0 Å². The van der Waals surface area contributed by atoms with Gasteiger partial charge in [0.2, 0.25) is 6.17 Å². The minimum atomic E-state index is 0.472. The number of rotatable bonds is 3. The molecular weight excluding hydrogens is 276 g/mol. The van der Waals surface area contributed by atoms with Crippen molar-refractivity contribution in [3.05, 3.63) is 34.9 Å². The molecule has 3 rings (SSSR count). The lowest BCUT2D eigenvalue weighted by molar-refractivity contribution is -1.14. The molecule has 5 heteroatoms. The van der Waals surface area contributed by atoms with Crippen LogP contribution in [0, 0.1) is 0 Å². The second kappa shape index (κ2) is 6.87.